The zero-order valence-electron chi connectivity index (χ0n) is 20.3. The summed E-state index contributed by atoms with van der Waals surface area (Å²) in [6, 6.07) is 16.3. The number of hydrogen-bond acceptors (Lipinski definition) is 7. The summed E-state index contributed by atoms with van der Waals surface area (Å²) in [4.78, 5) is 31.6. The molecule has 182 valence electrons. The van der Waals surface area contributed by atoms with E-state index in [0.717, 1.165) is 22.6 Å². The summed E-state index contributed by atoms with van der Waals surface area (Å²) in [5.41, 5.74) is 2.88. The van der Waals surface area contributed by atoms with Crippen molar-refractivity contribution in [3.05, 3.63) is 109 Å². The topological polar surface area (TPSA) is 87.7 Å². The van der Waals surface area contributed by atoms with E-state index in [-0.39, 0.29) is 5.56 Å². The van der Waals surface area contributed by atoms with Gasteiger partial charge in [-0.15, -0.1) is 0 Å². The van der Waals surface area contributed by atoms with E-state index in [1.165, 1.54) is 18.4 Å². The molecule has 0 fully saturated rings. The summed E-state index contributed by atoms with van der Waals surface area (Å²) < 4.78 is 14.7. The van der Waals surface area contributed by atoms with Gasteiger partial charge in [0.1, 0.15) is 17.5 Å². The Bertz CT molecular complexity index is 1680. The third-order valence-electron chi connectivity index (χ3n) is 5.91. The molecule has 0 bridgehead atoms. The molecule has 0 aliphatic carbocycles. The molecular formula is C27H24N4O4S. The quantitative estimate of drug-likeness (QED) is 0.393. The van der Waals surface area contributed by atoms with E-state index in [4.69, 9.17) is 9.47 Å². The molecule has 2 aromatic heterocycles. The van der Waals surface area contributed by atoms with Crippen LogP contribution in [0.5, 0.6) is 11.5 Å². The lowest BCUT2D eigenvalue weighted by Crippen LogP contribution is -2.40. The standard InChI is InChI=1S/C27H24N4O4S/c1-16-21(15-30(3)29-16)24-23(26(33)34-4)17(2)28-27-31(24)25(32)22(36-27)14-18-9-8-12-20(13-18)35-19-10-6-5-7-11-19/h5-15,24H,1-4H3/b22-14+/t24-/m0/s1. The second kappa shape index (κ2) is 9.43. The molecule has 2 aromatic carbocycles. The number of aryl methyl sites for hydroxylation is 2. The molecule has 5 rings (SSSR count). The number of carbonyl (C=O) groups excluding carboxylic acids is 1. The Balaban J connectivity index is 1.63. The third kappa shape index (κ3) is 4.29. The van der Waals surface area contributed by atoms with Crippen molar-refractivity contribution in [2.45, 2.75) is 19.9 Å². The molecule has 1 aliphatic rings. The van der Waals surface area contributed by atoms with Crippen LogP contribution in [-0.4, -0.2) is 27.4 Å². The van der Waals surface area contributed by atoms with E-state index in [1.807, 2.05) is 73.8 Å². The first-order chi connectivity index (χ1) is 17.4. The van der Waals surface area contributed by atoms with Crippen LogP contribution >= 0.6 is 11.3 Å². The maximum absolute atomic E-state index is 13.7. The van der Waals surface area contributed by atoms with Crippen molar-refractivity contribution in [2.24, 2.45) is 12.0 Å². The Morgan fingerprint density at radius 3 is 2.53 bits per heavy atom. The fourth-order valence-electron chi connectivity index (χ4n) is 4.32. The Labute approximate surface area is 211 Å². The normalized spacial score (nSPS) is 15.4. The number of nitrogens with zero attached hydrogens (tertiary/aromatic N) is 4. The van der Waals surface area contributed by atoms with Crippen LogP contribution in [0, 0.1) is 6.92 Å². The first-order valence-corrected chi connectivity index (χ1v) is 12.1. The number of rotatable bonds is 5. The largest absolute Gasteiger partial charge is 0.466 e. The second-order valence-electron chi connectivity index (χ2n) is 8.40. The minimum absolute atomic E-state index is 0.240. The third-order valence-corrected chi connectivity index (χ3v) is 6.89. The van der Waals surface area contributed by atoms with Crippen LogP contribution < -0.4 is 19.6 Å². The van der Waals surface area contributed by atoms with Gasteiger partial charge in [0.2, 0.25) is 0 Å². The van der Waals surface area contributed by atoms with E-state index < -0.39 is 12.0 Å². The lowest BCUT2D eigenvalue weighted by molar-refractivity contribution is -0.136. The van der Waals surface area contributed by atoms with Gasteiger partial charge >= 0.3 is 5.97 Å². The highest BCUT2D eigenvalue weighted by molar-refractivity contribution is 7.07. The number of methoxy groups -OCH3 is 1. The summed E-state index contributed by atoms with van der Waals surface area (Å²) in [5.74, 6) is 0.867. The number of carbonyl (C=O) groups is 1. The van der Waals surface area contributed by atoms with E-state index in [1.54, 1.807) is 23.2 Å². The van der Waals surface area contributed by atoms with Gasteiger partial charge in [-0.2, -0.15) is 5.10 Å². The molecule has 0 saturated heterocycles. The number of thiazole rings is 1. The van der Waals surface area contributed by atoms with Crippen molar-refractivity contribution >= 4 is 23.4 Å². The van der Waals surface area contributed by atoms with Crippen LogP contribution in [0.25, 0.3) is 6.08 Å². The first kappa shape index (κ1) is 23.5. The number of hydrogen-bond donors (Lipinski definition) is 0. The smallest absolute Gasteiger partial charge is 0.338 e. The maximum atomic E-state index is 13.7. The number of benzene rings is 2. The summed E-state index contributed by atoms with van der Waals surface area (Å²) in [6.07, 6.45) is 3.63. The summed E-state index contributed by atoms with van der Waals surface area (Å²) >= 11 is 1.28. The van der Waals surface area contributed by atoms with Gasteiger partial charge in [-0.3, -0.25) is 14.0 Å². The lowest BCUT2D eigenvalue weighted by atomic mass is 9.96. The van der Waals surface area contributed by atoms with Crippen LogP contribution in [0.15, 0.2) is 81.9 Å². The van der Waals surface area contributed by atoms with Gasteiger partial charge in [0.15, 0.2) is 4.80 Å². The predicted octanol–water partition coefficient (Wildman–Crippen LogP) is 3.24. The van der Waals surface area contributed by atoms with Crippen LogP contribution in [0.2, 0.25) is 0 Å². The molecule has 0 unspecified atom stereocenters. The number of para-hydroxylation sites is 1. The predicted molar refractivity (Wildman–Crippen MR) is 137 cm³/mol. The molecule has 4 aromatic rings. The zero-order chi connectivity index (χ0) is 25.4. The van der Waals surface area contributed by atoms with Crippen molar-refractivity contribution < 1.29 is 14.3 Å². The summed E-state index contributed by atoms with van der Waals surface area (Å²) in [7, 11) is 3.13. The van der Waals surface area contributed by atoms with Crippen LogP contribution in [-0.2, 0) is 16.6 Å². The monoisotopic (exact) mass is 500 g/mol. The van der Waals surface area contributed by atoms with Crippen molar-refractivity contribution in [1.82, 2.24) is 14.3 Å². The van der Waals surface area contributed by atoms with Crippen LogP contribution in [0.4, 0.5) is 0 Å². The van der Waals surface area contributed by atoms with E-state index in [9.17, 15) is 9.59 Å². The van der Waals surface area contributed by atoms with Gasteiger partial charge in [0.05, 0.1) is 28.6 Å². The number of esters is 1. The Kier molecular flexibility index (Phi) is 6.15. The Morgan fingerprint density at radius 1 is 1.08 bits per heavy atom. The molecule has 0 spiro atoms. The molecule has 1 atom stereocenters. The highest BCUT2D eigenvalue weighted by atomic mass is 32.1. The Hall–Kier alpha value is -4.24. The number of ether oxygens (including phenoxy) is 2. The second-order valence-corrected chi connectivity index (χ2v) is 9.41. The molecule has 36 heavy (non-hydrogen) atoms. The van der Waals surface area contributed by atoms with Gasteiger partial charge in [-0.05, 0) is 49.8 Å². The summed E-state index contributed by atoms with van der Waals surface area (Å²) in [6.45, 7) is 3.61. The average Bonchev–Trinajstić information content (AvgIpc) is 3.35. The molecular weight excluding hydrogens is 476 g/mol. The molecule has 0 saturated carbocycles. The van der Waals surface area contributed by atoms with E-state index in [2.05, 4.69) is 10.1 Å². The zero-order valence-corrected chi connectivity index (χ0v) is 21.1. The lowest BCUT2D eigenvalue weighted by Gasteiger charge is -2.23. The fraction of sp³-hybridized carbons (Fsp3) is 0.185. The van der Waals surface area contributed by atoms with E-state index >= 15 is 0 Å². The highest BCUT2D eigenvalue weighted by Crippen LogP contribution is 2.32. The van der Waals surface area contributed by atoms with Crippen molar-refractivity contribution in [3.63, 3.8) is 0 Å². The van der Waals surface area contributed by atoms with Crippen molar-refractivity contribution in [3.8, 4) is 11.5 Å². The number of allylic oxidation sites excluding steroid dienone is 1. The van der Waals surface area contributed by atoms with Gasteiger partial charge in [0, 0.05) is 18.8 Å². The van der Waals surface area contributed by atoms with Gasteiger partial charge in [-0.25, -0.2) is 9.79 Å². The molecule has 0 amide bonds. The Morgan fingerprint density at radius 2 is 1.83 bits per heavy atom. The summed E-state index contributed by atoms with van der Waals surface area (Å²) in [5, 5.41) is 4.43. The van der Waals surface area contributed by atoms with Gasteiger partial charge in [-0.1, -0.05) is 41.7 Å². The minimum Gasteiger partial charge on any atom is -0.466 e. The SMILES string of the molecule is COC(=O)C1=C(C)N=c2s/c(=C/c3cccc(Oc4ccccc4)c3)c(=O)n2[C@H]1c1cn(C)nc1C. The molecule has 0 N–H and O–H groups in total. The molecule has 1 aliphatic heterocycles. The van der Waals surface area contributed by atoms with E-state index in [0.29, 0.717) is 26.4 Å². The molecule has 3 heterocycles. The van der Waals surface area contributed by atoms with Crippen molar-refractivity contribution in [2.75, 3.05) is 7.11 Å². The van der Waals surface area contributed by atoms with Crippen LogP contribution in [0.3, 0.4) is 0 Å². The van der Waals surface area contributed by atoms with Gasteiger partial charge < -0.3 is 9.47 Å². The minimum atomic E-state index is -0.683. The highest BCUT2D eigenvalue weighted by Gasteiger charge is 2.34. The van der Waals surface area contributed by atoms with Gasteiger partial charge in [0.25, 0.3) is 5.56 Å². The number of fused-ring (bicyclic) bond motifs is 1. The van der Waals surface area contributed by atoms with Crippen LogP contribution in [0.1, 0.15) is 29.8 Å². The molecule has 0 radical (unpaired) electrons. The number of aromatic nitrogens is 3. The van der Waals surface area contributed by atoms with Crippen molar-refractivity contribution in [1.29, 1.82) is 0 Å². The molecule has 8 nitrogen and oxygen atoms in total. The fourth-order valence-corrected chi connectivity index (χ4v) is 5.36. The maximum Gasteiger partial charge on any atom is 0.338 e. The molecule has 9 heteroatoms. The first-order valence-electron chi connectivity index (χ1n) is 11.3. The average molecular weight is 501 g/mol.